The van der Waals surface area contributed by atoms with E-state index in [2.05, 4.69) is 23.6 Å². The molecule has 4 aliphatic rings. The average Bonchev–Trinajstić information content (AvgIpc) is 2.89. The van der Waals surface area contributed by atoms with Gasteiger partial charge in [-0.1, -0.05) is 0 Å². The van der Waals surface area contributed by atoms with E-state index in [1.165, 1.54) is 0 Å². The van der Waals surface area contributed by atoms with Crippen LogP contribution < -0.4 is 0 Å². The Morgan fingerprint density at radius 2 is 0.909 bits per heavy atom. The smallest absolute Gasteiger partial charge is 0.142 e. The highest BCUT2D eigenvalue weighted by Gasteiger charge is 2.41. The molecule has 9 nitrogen and oxygen atoms in total. The van der Waals surface area contributed by atoms with Gasteiger partial charge in [0, 0.05) is 40.0 Å². The van der Waals surface area contributed by atoms with Crippen molar-refractivity contribution < 1.29 is 32.7 Å². The number of nitrogens with zero attached hydrogens (tertiary/aromatic N) is 4. The normalized spacial score (nSPS) is 28.9. The van der Waals surface area contributed by atoms with Crippen molar-refractivity contribution in [3.8, 4) is 0 Å². The van der Waals surface area contributed by atoms with E-state index in [1.54, 1.807) is 0 Å². The maximum absolute atomic E-state index is 6.36. The van der Waals surface area contributed by atoms with Crippen molar-refractivity contribution in [1.82, 2.24) is 9.80 Å². The van der Waals surface area contributed by atoms with Crippen molar-refractivity contribution >= 4 is 0 Å². The molecule has 0 N–H and O–H groups in total. The quantitative estimate of drug-likeness (QED) is 0.329. The fourth-order valence-corrected chi connectivity index (χ4v) is 6.17. The summed E-state index contributed by atoms with van der Waals surface area (Å²) in [5, 5.41) is 0. The average molecular weight is 473 g/mol. The van der Waals surface area contributed by atoms with Crippen molar-refractivity contribution in [2.24, 2.45) is 0 Å². The summed E-state index contributed by atoms with van der Waals surface area (Å²) in [7, 11) is 0. The van der Waals surface area contributed by atoms with E-state index in [4.69, 9.17) is 23.7 Å². The lowest BCUT2D eigenvalue weighted by Gasteiger charge is -2.50. The van der Waals surface area contributed by atoms with Crippen molar-refractivity contribution in [2.75, 3.05) is 132 Å². The fourth-order valence-electron chi connectivity index (χ4n) is 6.17. The SMILES string of the molecule is CC(N1CCOCC1)[N+]1(CCOCC[N+]2(C(C)N3CCOCC3)CCOCC2)CCOCC1. The Morgan fingerprint density at radius 1 is 0.576 bits per heavy atom. The minimum Gasteiger partial charge on any atom is -0.379 e. The fraction of sp³-hybridized carbons (Fsp3) is 1.00. The van der Waals surface area contributed by atoms with Crippen molar-refractivity contribution in [2.45, 2.75) is 26.2 Å². The molecule has 2 unspecified atom stereocenters. The maximum Gasteiger partial charge on any atom is 0.142 e. The van der Waals surface area contributed by atoms with Crippen LogP contribution in [-0.2, 0) is 23.7 Å². The van der Waals surface area contributed by atoms with E-state index in [9.17, 15) is 0 Å². The van der Waals surface area contributed by atoms with Crippen molar-refractivity contribution in [1.29, 1.82) is 0 Å². The molecule has 0 aliphatic carbocycles. The molecule has 4 rings (SSSR count). The van der Waals surface area contributed by atoms with Gasteiger partial charge in [-0.3, -0.25) is 0 Å². The Bertz CT molecular complexity index is 511. The summed E-state index contributed by atoms with van der Waals surface area (Å²) in [6.07, 6.45) is 0.973. The van der Waals surface area contributed by atoms with Gasteiger partial charge in [0.2, 0.25) is 0 Å². The van der Waals surface area contributed by atoms with Gasteiger partial charge in [-0.25, -0.2) is 9.80 Å². The van der Waals surface area contributed by atoms with Gasteiger partial charge in [-0.05, 0) is 0 Å². The molecular formula is C24H48N4O5+2. The number of morpholine rings is 4. The predicted molar refractivity (Wildman–Crippen MR) is 126 cm³/mol. The van der Waals surface area contributed by atoms with Gasteiger partial charge in [-0.2, -0.15) is 0 Å². The van der Waals surface area contributed by atoms with E-state index in [0.717, 1.165) is 140 Å². The Morgan fingerprint density at radius 3 is 1.27 bits per heavy atom. The van der Waals surface area contributed by atoms with E-state index in [0.29, 0.717) is 12.3 Å². The van der Waals surface area contributed by atoms with E-state index >= 15 is 0 Å². The third kappa shape index (κ3) is 6.45. The molecule has 4 aliphatic heterocycles. The summed E-state index contributed by atoms with van der Waals surface area (Å²) in [6, 6.07) is 0. The van der Waals surface area contributed by atoms with Crippen LogP contribution in [0.5, 0.6) is 0 Å². The van der Waals surface area contributed by atoms with Gasteiger partial charge in [0.25, 0.3) is 0 Å². The summed E-state index contributed by atoms with van der Waals surface area (Å²) >= 11 is 0. The highest BCUT2D eigenvalue weighted by Crippen LogP contribution is 2.23. The second kappa shape index (κ2) is 12.6. The molecule has 0 radical (unpaired) electrons. The highest BCUT2D eigenvalue weighted by atomic mass is 16.5. The van der Waals surface area contributed by atoms with Gasteiger partial charge >= 0.3 is 0 Å². The zero-order valence-corrected chi connectivity index (χ0v) is 21.1. The predicted octanol–water partition coefficient (Wildman–Crippen LogP) is 0.0534. The molecular weight excluding hydrogens is 424 g/mol. The van der Waals surface area contributed by atoms with Crippen molar-refractivity contribution in [3.05, 3.63) is 0 Å². The van der Waals surface area contributed by atoms with E-state index < -0.39 is 0 Å². The maximum atomic E-state index is 6.36. The zero-order valence-electron chi connectivity index (χ0n) is 21.1. The molecule has 9 heteroatoms. The van der Waals surface area contributed by atoms with Gasteiger partial charge in [0.05, 0.1) is 66.1 Å². The molecule has 2 atom stereocenters. The topological polar surface area (TPSA) is 52.6 Å². The van der Waals surface area contributed by atoms with Crippen LogP contribution in [0, 0.1) is 0 Å². The first-order valence-electron chi connectivity index (χ1n) is 13.2. The standard InChI is InChI=1S/C24H48N4O5/c1-23(25-3-13-29-14-4-25)27(7-17-31-18-8-27)11-21-33-22-12-28(9-19-32-20-10-28)24(2)26-5-15-30-16-6-26/h23-24H,3-22H2,1-2H3/q+2. The number of hydrogen-bond acceptors (Lipinski definition) is 7. The van der Waals surface area contributed by atoms with Crippen LogP contribution in [0.4, 0.5) is 0 Å². The molecule has 192 valence electrons. The summed E-state index contributed by atoms with van der Waals surface area (Å²) in [6.45, 7) is 23.8. The van der Waals surface area contributed by atoms with Crippen LogP contribution >= 0.6 is 0 Å². The highest BCUT2D eigenvalue weighted by molar-refractivity contribution is 4.68. The molecule has 0 aromatic rings. The Balaban J connectivity index is 1.29. The zero-order chi connectivity index (χ0) is 23.0. The molecule has 0 spiro atoms. The Labute approximate surface area is 200 Å². The van der Waals surface area contributed by atoms with Crippen molar-refractivity contribution in [3.63, 3.8) is 0 Å². The molecule has 4 heterocycles. The minimum atomic E-state index is 0.486. The van der Waals surface area contributed by atoms with Crippen LogP contribution in [0.1, 0.15) is 13.8 Å². The van der Waals surface area contributed by atoms with Crippen LogP contribution in [-0.4, -0.2) is 163 Å². The van der Waals surface area contributed by atoms with E-state index in [1.807, 2.05) is 0 Å². The summed E-state index contributed by atoms with van der Waals surface area (Å²) in [5.74, 6) is 0. The first-order valence-corrected chi connectivity index (χ1v) is 13.2. The van der Waals surface area contributed by atoms with E-state index in [-0.39, 0.29) is 0 Å². The number of rotatable bonds is 10. The lowest BCUT2D eigenvalue weighted by Crippen LogP contribution is -2.67. The number of hydrogen-bond donors (Lipinski definition) is 0. The summed E-state index contributed by atoms with van der Waals surface area (Å²) in [5.41, 5.74) is 0. The second-order valence-electron chi connectivity index (χ2n) is 10.2. The van der Waals surface area contributed by atoms with Gasteiger partial charge in [0.15, 0.2) is 0 Å². The van der Waals surface area contributed by atoms with Crippen LogP contribution in [0.15, 0.2) is 0 Å². The lowest BCUT2D eigenvalue weighted by molar-refractivity contribution is -0.969. The molecule has 0 aromatic carbocycles. The number of ether oxygens (including phenoxy) is 5. The first kappa shape index (κ1) is 25.7. The van der Waals surface area contributed by atoms with Gasteiger partial charge in [0.1, 0.15) is 51.6 Å². The third-order valence-corrected chi connectivity index (χ3v) is 8.82. The molecule has 0 amide bonds. The van der Waals surface area contributed by atoms with Gasteiger partial charge in [-0.15, -0.1) is 0 Å². The van der Waals surface area contributed by atoms with Gasteiger partial charge < -0.3 is 32.7 Å². The first-order chi connectivity index (χ1) is 16.2. The number of quaternary nitrogens is 2. The van der Waals surface area contributed by atoms with Crippen LogP contribution in [0.2, 0.25) is 0 Å². The molecule has 4 fully saturated rings. The Hall–Kier alpha value is -0.360. The van der Waals surface area contributed by atoms with Crippen LogP contribution in [0.3, 0.4) is 0 Å². The lowest BCUT2D eigenvalue weighted by atomic mass is 10.2. The molecule has 0 aromatic heterocycles. The minimum absolute atomic E-state index is 0.486. The third-order valence-electron chi connectivity index (χ3n) is 8.82. The second-order valence-corrected chi connectivity index (χ2v) is 10.2. The summed E-state index contributed by atoms with van der Waals surface area (Å²) < 4.78 is 31.2. The molecule has 33 heavy (non-hydrogen) atoms. The molecule has 4 saturated heterocycles. The molecule has 0 bridgehead atoms. The molecule has 0 saturated carbocycles. The monoisotopic (exact) mass is 472 g/mol. The summed E-state index contributed by atoms with van der Waals surface area (Å²) in [4.78, 5) is 5.21. The largest absolute Gasteiger partial charge is 0.379 e. The van der Waals surface area contributed by atoms with Crippen LogP contribution in [0.25, 0.3) is 0 Å². The Kier molecular flexibility index (Phi) is 9.79.